The van der Waals surface area contributed by atoms with Crippen LogP contribution < -0.4 is 10.5 Å². The van der Waals surface area contributed by atoms with Crippen molar-refractivity contribution in [2.45, 2.75) is 32.9 Å². The Hall–Kier alpha value is -3.42. The van der Waals surface area contributed by atoms with Gasteiger partial charge >= 0.3 is 0 Å². The first-order valence-corrected chi connectivity index (χ1v) is 11.0. The first kappa shape index (κ1) is 21.8. The van der Waals surface area contributed by atoms with Crippen LogP contribution in [0.5, 0.6) is 0 Å². The Bertz CT molecular complexity index is 1130. The summed E-state index contributed by atoms with van der Waals surface area (Å²) in [5, 5.41) is 8.72. The Balaban J connectivity index is 1.34. The Morgan fingerprint density at radius 2 is 1.91 bits per heavy atom. The molecule has 1 amide bonds. The van der Waals surface area contributed by atoms with Crippen LogP contribution in [-0.4, -0.2) is 50.5 Å². The minimum Gasteiger partial charge on any atom is -0.370 e. The second kappa shape index (κ2) is 9.38. The van der Waals surface area contributed by atoms with Crippen LogP contribution in [-0.2, 0) is 24.9 Å². The lowest BCUT2D eigenvalue weighted by molar-refractivity contribution is -0.135. The highest BCUT2D eigenvalue weighted by molar-refractivity contribution is 5.79. The van der Waals surface area contributed by atoms with Gasteiger partial charge in [0.2, 0.25) is 5.91 Å². The van der Waals surface area contributed by atoms with Crippen LogP contribution in [0.4, 0.5) is 5.69 Å². The second-order valence-corrected chi connectivity index (χ2v) is 8.56. The molecule has 0 aliphatic carbocycles. The lowest BCUT2D eigenvalue weighted by Gasteiger charge is -2.34. The molecule has 3 aromatic rings. The zero-order valence-electron chi connectivity index (χ0n) is 18.9. The SMILES string of the molecule is Cc1nn(C)cc1CN(C)C(=O)C1CCN(c2cnn(Cc3ccccc3)c(=O)c2)CC1. The summed E-state index contributed by atoms with van der Waals surface area (Å²) in [6.45, 7) is 4.47. The first-order valence-electron chi connectivity index (χ1n) is 11.0. The molecule has 0 bridgehead atoms. The van der Waals surface area contributed by atoms with E-state index in [0.29, 0.717) is 13.1 Å². The summed E-state index contributed by atoms with van der Waals surface area (Å²) in [4.78, 5) is 29.5. The van der Waals surface area contributed by atoms with Gasteiger partial charge < -0.3 is 9.80 Å². The van der Waals surface area contributed by atoms with Gasteiger partial charge in [-0.2, -0.15) is 10.2 Å². The fraction of sp³-hybridized carbons (Fsp3) is 0.417. The molecule has 0 atom stereocenters. The fourth-order valence-corrected chi connectivity index (χ4v) is 4.31. The minimum atomic E-state index is -0.115. The topological polar surface area (TPSA) is 76.3 Å². The largest absolute Gasteiger partial charge is 0.370 e. The van der Waals surface area contributed by atoms with E-state index in [1.807, 2.05) is 57.5 Å². The molecule has 4 rings (SSSR count). The molecule has 32 heavy (non-hydrogen) atoms. The van der Waals surface area contributed by atoms with Gasteiger partial charge in [-0.25, -0.2) is 4.68 Å². The smallest absolute Gasteiger partial charge is 0.269 e. The van der Waals surface area contributed by atoms with Crippen LogP contribution >= 0.6 is 0 Å². The molecule has 8 nitrogen and oxygen atoms in total. The van der Waals surface area contributed by atoms with Gasteiger partial charge in [0.25, 0.3) is 5.56 Å². The summed E-state index contributed by atoms with van der Waals surface area (Å²) in [6.07, 6.45) is 5.25. The summed E-state index contributed by atoms with van der Waals surface area (Å²) < 4.78 is 3.26. The van der Waals surface area contributed by atoms with E-state index in [-0.39, 0.29) is 17.4 Å². The molecular formula is C24H30N6O2. The third-order valence-electron chi connectivity index (χ3n) is 6.14. The molecule has 1 aliphatic rings. The number of amides is 1. The average Bonchev–Trinajstić information content (AvgIpc) is 3.11. The van der Waals surface area contributed by atoms with Gasteiger partial charge in [-0.15, -0.1) is 0 Å². The summed E-state index contributed by atoms with van der Waals surface area (Å²) in [5.74, 6) is 0.170. The van der Waals surface area contributed by atoms with Crippen LogP contribution in [0.15, 0.2) is 53.6 Å². The summed E-state index contributed by atoms with van der Waals surface area (Å²) in [7, 11) is 3.75. The van der Waals surface area contributed by atoms with Gasteiger partial charge in [0.1, 0.15) is 0 Å². The highest BCUT2D eigenvalue weighted by Gasteiger charge is 2.28. The zero-order valence-corrected chi connectivity index (χ0v) is 18.9. The number of aryl methyl sites for hydroxylation is 2. The molecule has 2 aromatic heterocycles. The maximum Gasteiger partial charge on any atom is 0.269 e. The molecule has 0 radical (unpaired) electrons. The maximum absolute atomic E-state index is 13.0. The van der Waals surface area contributed by atoms with E-state index in [1.165, 1.54) is 4.68 Å². The molecule has 1 aliphatic heterocycles. The number of carbonyl (C=O) groups is 1. The highest BCUT2D eigenvalue weighted by atomic mass is 16.2. The van der Waals surface area contributed by atoms with Gasteiger partial charge in [-0.1, -0.05) is 30.3 Å². The van der Waals surface area contributed by atoms with Crippen molar-refractivity contribution in [3.8, 4) is 0 Å². The Labute approximate surface area is 188 Å². The number of carbonyl (C=O) groups excluding carboxylic acids is 1. The minimum absolute atomic E-state index is 0.000336. The van der Waals surface area contributed by atoms with Crippen LogP contribution in [0.3, 0.4) is 0 Å². The second-order valence-electron chi connectivity index (χ2n) is 8.56. The monoisotopic (exact) mass is 434 g/mol. The lowest BCUT2D eigenvalue weighted by Crippen LogP contribution is -2.41. The van der Waals surface area contributed by atoms with E-state index in [9.17, 15) is 9.59 Å². The molecule has 3 heterocycles. The van der Waals surface area contributed by atoms with Crippen LogP contribution in [0.2, 0.25) is 0 Å². The van der Waals surface area contributed by atoms with Gasteiger partial charge in [-0.05, 0) is 25.3 Å². The van der Waals surface area contributed by atoms with Crippen LogP contribution in [0, 0.1) is 12.8 Å². The van der Waals surface area contributed by atoms with E-state index >= 15 is 0 Å². The predicted octanol–water partition coefficient (Wildman–Crippen LogP) is 2.21. The molecule has 0 saturated carbocycles. The highest BCUT2D eigenvalue weighted by Crippen LogP contribution is 2.24. The number of piperidine rings is 1. The summed E-state index contributed by atoms with van der Waals surface area (Å²) >= 11 is 0. The number of nitrogens with zero attached hydrogens (tertiary/aromatic N) is 6. The quantitative estimate of drug-likeness (QED) is 0.595. The van der Waals surface area contributed by atoms with E-state index < -0.39 is 0 Å². The average molecular weight is 435 g/mol. The van der Waals surface area contributed by atoms with Crippen molar-refractivity contribution >= 4 is 11.6 Å². The molecule has 0 N–H and O–H groups in total. The zero-order chi connectivity index (χ0) is 22.7. The molecule has 0 unspecified atom stereocenters. The Morgan fingerprint density at radius 3 is 2.53 bits per heavy atom. The van der Waals surface area contributed by atoms with Crippen molar-refractivity contribution in [1.29, 1.82) is 0 Å². The van der Waals surface area contributed by atoms with Crippen molar-refractivity contribution in [3.05, 3.63) is 76.0 Å². The maximum atomic E-state index is 13.0. The first-order chi connectivity index (χ1) is 15.4. The number of hydrogen-bond donors (Lipinski definition) is 0. The third-order valence-corrected chi connectivity index (χ3v) is 6.14. The van der Waals surface area contributed by atoms with Gasteiger partial charge in [0.15, 0.2) is 0 Å². The number of benzene rings is 1. The Kier molecular flexibility index (Phi) is 6.39. The molecule has 168 valence electrons. The summed E-state index contributed by atoms with van der Waals surface area (Å²) in [5.41, 5.74) is 3.78. The van der Waals surface area contributed by atoms with Crippen molar-refractivity contribution in [3.63, 3.8) is 0 Å². The Morgan fingerprint density at radius 1 is 1.19 bits per heavy atom. The number of rotatable bonds is 6. The van der Waals surface area contributed by atoms with Crippen LogP contribution in [0.1, 0.15) is 29.7 Å². The van der Waals surface area contributed by atoms with Gasteiger partial charge in [-0.3, -0.25) is 14.3 Å². The van der Waals surface area contributed by atoms with E-state index in [1.54, 1.807) is 21.8 Å². The van der Waals surface area contributed by atoms with Crippen molar-refractivity contribution in [1.82, 2.24) is 24.5 Å². The van der Waals surface area contributed by atoms with Crippen molar-refractivity contribution < 1.29 is 4.79 Å². The van der Waals surface area contributed by atoms with Gasteiger partial charge in [0.05, 0.1) is 24.1 Å². The standard InChI is InChI=1S/C24H30N6O2/c1-18-21(17-28(3)26-18)16-27(2)24(32)20-9-11-29(12-10-20)22-13-23(31)30(25-14-22)15-19-7-5-4-6-8-19/h4-8,13-14,17,20H,9-12,15-16H2,1-3H3. The molecule has 1 aromatic carbocycles. The molecule has 8 heteroatoms. The van der Waals surface area contributed by atoms with Crippen molar-refractivity contribution in [2.75, 3.05) is 25.0 Å². The third kappa shape index (κ3) is 4.90. The van der Waals surface area contributed by atoms with Crippen molar-refractivity contribution in [2.24, 2.45) is 13.0 Å². The predicted molar refractivity (Wildman–Crippen MR) is 123 cm³/mol. The molecular weight excluding hydrogens is 404 g/mol. The number of hydrogen-bond acceptors (Lipinski definition) is 5. The normalized spacial score (nSPS) is 14.5. The van der Waals surface area contributed by atoms with Crippen LogP contribution in [0.25, 0.3) is 0 Å². The molecule has 1 saturated heterocycles. The van der Waals surface area contributed by atoms with E-state index in [4.69, 9.17) is 0 Å². The number of aromatic nitrogens is 4. The van der Waals surface area contributed by atoms with Gasteiger partial charge in [0, 0.05) is 57.5 Å². The fourth-order valence-electron chi connectivity index (χ4n) is 4.31. The van der Waals surface area contributed by atoms with E-state index in [2.05, 4.69) is 15.1 Å². The molecule has 1 fully saturated rings. The number of anilines is 1. The summed E-state index contributed by atoms with van der Waals surface area (Å²) in [6, 6.07) is 11.5. The molecule has 0 spiro atoms. The van der Waals surface area contributed by atoms with E-state index in [0.717, 1.165) is 48.4 Å². The lowest BCUT2D eigenvalue weighted by atomic mass is 9.95.